The van der Waals surface area contributed by atoms with Crippen LogP contribution in [0, 0.1) is 5.92 Å². The van der Waals surface area contributed by atoms with E-state index in [2.05, 4.69) is 0 Å². The minimum Gasteiger partial charge on any atom is -0.212 e. The molecule has 0 aromatic rings. The summed E-state index contributed by atoms with van der Waals surface area (Å²) >= 11 is 5.47. The molecule has 0 aliphatic rings. The average Bonchev–Trinajstić information content (AvgIpc) is 1.99. The third-order valence-corrected chi connectivity index (χ3v) is 4.23. The fourth-order valence-electron chi connectivity index (χ4n) is 1.22. The van der Waals surface area contributed by atoms with Crippen molar-refractivity contribution in [3.05, 3.63) is 0 Å². The first-order valence-electron chi connectivity index (χ1n) is 4.86. The molecule has 0 saturated heterocycles. The molecule has 86 valence electrons. The Morgan fingerprint density at radius 2 is 1.71 bits per heavy atom. The summed E-state index contributed by atoms with van der Waals surface area (Å²) in [6.07, 6.45) is 0. The van der Waals surface area contributed by atoms with Crippen molar-refractivity contribution in [3.63, 3.8) is 0 Å². The van der Waals surface area contributed by atoms with Gasteiger partial charge in [-0.3, -0.25) is 0 Å². The minimum absolute atomic E-state index is 0.00520. The van der Waals surface area contributed by atoms with Crippen LogP contribution in [0.5, 0.6) is 0 Å². The fourth-order valence-corrected chi connectivity index (χ4v) is 3.40. The number of rotatable bonds is 6. The Morgan fingerprint density at radius 1 is 1.21 bits per heavy atom. The molecule has 0 bridgehead atoms. The molecule has 5 heteroatoms. The van der Waals surface area contributed by atoms with Gasteiger partial charge in [0, 0.05) is 18.5 Å². The molecule has 0 aromatic carbocycles. The molecule has 0 spiro atoms. The first-order chi connectivity index (χ1) is 6.31. The highest BCUT2D eigenvalue weighted by molar-refractivity contribution is 7.89. The second kappa shape index (κ2) is 5.93. The summed E-state index contributed by atoms with van der Waals surface area (Å²) in [6.45, 7) is 8.34. The van der Waals surface area contributed by atoms with Crippen molar-refractivity contribution in [2.24, 2.45) is 5.92 Å². The second-order valence-corrected chi connectivity index (χ2v) is 6.48. The Kier molecular flexibility index (Phi) is 6.02. The van der Waals surface area contributed by atoms with Crippen molar-refractivity contribution in [2.45, 2.75) is 33.7 Å². The summed E-state index contributed by atoms with van der Waals surface area (Å²) in [5.74, 6) is 0.519. The molecule has 0 aliphatic carbocycles. The van der Waals surface area contributed by atoms with Crippen LogP contribution in [0.3, 0.4) is 0 Å². The van der Waals surface area contributed by atoms with Crippen LogP contribution in [0.1, 0.15) is 27.7 Å². The summed E-state index contributed by atoms with van der Waals surface area (Å²) in [6, 6.07) is 0.00520. The first-order valence-corrected chi connectivity index (χ1v) is 7.01. The Balaban J connectivity index is 4.65. The average molecular weight is 242 g/mol. The van der Waals surface area contributed by atoms with Crippen LogP contribution in [0.2, 0.25) is 0 Å². The van der Waals surface area contributed by atoms with Gasteiger partial charge in [-0.15, -0.1) is 11.6 Å². The van der Waals surface area contributed by atoms with E-state index in [1.54, 1.807) is 0 Å². The smallest absolute Gasteiger partial charge is 0.212 e. The van der Waals surface area contributed by atoms with Gasteiger partial charge >= 0.3 is 0 Å². The Bertz CT molecular complexity index is 250. The molecular weight excluding hydrogens is 222 g/mol. The normalized spacial score (nSPS) is 13.1. The van der Waals surface area contributed by atoms with E-state index >= 15 is 0 Å². The van der Waals surface area contributed by atoms with E-state index < -0.39 is 10.0 Å². The summed E-state index contributed by atoms with van der Waals surface area (Å²) in [4.78, 5) is 0. The maximum absolute atomic E-state index is 11.7. The van der Waals surface area contributed by atoms with Crippen molar-refractivity contribution < 1.29 is 8.42 Å². The molecule has 0 aromatic heterocycles. The largest absolute Gasteiger partial charge is 0.215 e. The molecule has 3 nitrogen and oxygen atoms in total. The topological polar surface area (TPSA) is 37.4 Å². The van der Waals surface area contributed by atoms with E-state index in [1.807, 2.05) is 27.7 Å². The van der Waals surface area contributed by atoms with Crippen molar-refractivity contribution in [1.82, 2.24) is 4.31 Å². The number of alkyl halides is 1. The van der Waals surface area contributed by atoms with Crippen molar-refractivity contribution >= 4 is 21.6 Å². The Hall–Kier alpha value is 0.200. The molecular formula is C9H20ClNO2S. The van der Waals surface area contributed by atoms with Gasteiger partial charge in [0.05, 0.1) is 5.75 Å². The van der Waals surface area contributed by atoms with E-state index in [9.17, 15) is 8.42 Å². The highest BCUT2D eigenvalue weighted by atomic mass is 35.5. The standard InChI is InChI=1S/C9H20ClNO2S/c1-8(2)7-11(9(3)4)14(12,13)6-5-10/h8-9H,5-7H2,1-4H3. The van der Waals surface area contributed by atoms with Crippen LogP contribution in [0.25, 0.3) is 0 Å². The lowest BCUT2D eigenvalue weighted by Crippen LogP contribution is -2.41. The van der Waals surface area contributed by atoms with Crippen molar-refractivity contribution in [2.75, 3.05) is 18.2 Å². The molecule has 0 radical (unpaired) electrons. The molecule has 0 fully saturated rings. The molecule has 0 rings (SSSR count). The van der Waals surface area contributed by atoms with Crippen LogP contribution >= 0.6 is 11.6 Å². The monoisotopic (exact) mass is 241 g/mol. The van der Waals surface area contributed by atoms with Crippen LogP contribution in [-0.4, -0.2) is 36.9 Å². The van der Waals surface area contributed by atoms with Crippen LogP contribution < -0.4 is 0 Å². The van der Waals surface area contributed by atoms with E-state index in [-0.39, 0.29) is 17.7 Å². The van der Waals surface area contributed by atoms with Crippen LogP contribution in [0.15, 0.2) is 0 Å². The van der Waals surface area contributed by atoms with Gasteiger partial charge < -0.3 is 0 Å². The van der Waals surface area contributed by atoms with E-state index in [0.717, 1.165) is 0 Å². The third kappa shape index (κ3) is 4.62. The SMILES string of the molecule is CC(C)CN(C(C)C)S(=O)(=O)CCCl. The van der Waals surface area contributed by atoms with Gasteiger partial charge in [-0.25, -0.2) is 8.42 Å². The Morgan fingerprint density at radius 3 is 2.00 bits per heavy atom. The number of hydrogen-bond acceptors (Lipinski definition) is 2. The summed E-state index contributed by atoms with van der Waals surface area (Å²) in [5.41, 5.74) is 0. The predicted molar refractivity (Wildman–Crippen MR) is 61.2 cm³/mol. The molecule has 14 heavy (non-hydrogen) atoms. The van der Waals surface area contributed by atoms with Crippen molar-refractivity contribution in [1.29, 1.82) is 0 Å². The number of hydrogen-bond donors (Lipinski definition) is 0. The zero-order chi connectivity index (χ0) is 11.4. The molecule has 0 unspecified atom stereocenters. The number of sulfonamides is 1. The molecule has 0 heterocycles. The predicted octanol–water partition coefficient (Wildman–Crippen LogP) is 1.92. The lowest BCUT2D eigenvalue weighted by Gasteiger charge is -2.27. The summed E-state index contributed by atoms with van der Waals surface area (Å²) in [7, 11) is -3.17. The van der Waals surface area contributed by atoms with Gasteiger partial charge in [0.2, 0.25) is 10.0 Å². The highest BCUT2D eigenvalue weighted by Gasteiger charge is 2.24. The lowest BCUT2D eigenvalue weighted by molar-refractivity contribution is 0.319. The second-order valence-electron chi connectivity index (χ2n) is 4.06. The molecule has 0 aliphatic heterocycles. The summed E-state index contributed by atoms with van der Waals surface area (Å²) < 4.78 is 25.0. The first kappa shape index (κ1) is 14.2. The van der Waals surface area contributed by atoms with E-state index in [1.165, 1.54) is 4.31 Å². The zero-order valence-corrected chi connectivity index (χ0v) is 10.9. The minimum atomic E-state index is -3.17. The van der Waals surface area contributed by atoms with Gasteiger partial charge in [-0.1, -0.05) is 13.8 Å². The number of nitrogens with zero attached hydrogens (tertiary/aromatic N) is 1. The fraction of sp³-hybridized carbons (Fsp3) is 1.00. The van der Waals surface area contributed by atoms with Gasteiger partial charge in [-0.2, -0.15) is 4.31 Å². The zero-order valence-electron chi connectivity index (χ0n) is 9.33. The maximum Gasteiger partial charge on any atom is 0.215 e. The molecule has 0 saturated carbocycles. The summed E-state index contributed by atoms with van der Waals surface area (Å²) in [5, 5.41) is 0. The van der Waals surface area contributed by atoms with Gasteiger partial charge in [-0.05, 0) is 19.8 Å². The Labute approximate surface area is 92.5 Å². The molecule has 0 amide bonds. The van der Waals surface area contributed by atoms with Gasteiger partial charge in [0.15, 0.2) is 0 Å². The molecule has 0 N–H and O–H groups in total. The van der Waals surface area contributed by atoms with Crippen LogP contribution in [0.4, 0.5) is 0 Å². The third-order valence-electron chi connectivity index (χ3n) is 1.81. The molecule has 0 atom stereocenters. The quantitative estimate of drug-likeness (QED) is 0.667. The lowest BCUT2D eigenvalue weighted by atomic mass is 10.2. The number of halogens is 1. The maximum atomic E-state index is 11.7. The van der Waals surface area contributed by atoms with Gasteiger partial charge in [0.25, 0.3) is 0 Å². The van der Waals surface area contributed by atoms with Gasteiger partial charge in [0.1, 0.15) is 0 Å². The van der Waals surface area contributed by atoms with E-state index in [0.29, 0.717) is 12.5 Å². The van der Waals surface area contributed by atoms with E-state index in [4.69, 9.17) is 11.6 Å². The highest BCUT2D eigenvalue weighted by Crippen LogP contribution is 2.11. The van der Waals surface area contributed by atoms with Crippen LogP contribution in [-0.2, 0) is 10.0 Å². The van der Waals surface area contributed by atoms with Crippen molar-refractivity contribution in [3.8, 4) is 0 Å².